The van der Waals surface area contributed by atoms with Crippen LogP contribution in [-0.2, 0) is 11.3 Å². The van der Waals surface area contributed by atoms with Gasteiger partial charge in [0.2, 0.25) is 11.7 Å². The van der Waals surface area contributed by atoms with Crippen molar-refractivity contribution in [3.8, 4) is 11.6 Å². The van der Waals surface area contributed by atoms with E-state index in [1.54, 1.807) is 12.1 Å². The molecule has 4 aromatic rings. The van der Waals surface area contributed by atoms with E-state index in [1.807, 2.05) is 54.8 Å². The first-order chi connectivity index (χ1) is 14.0. The minimum absolute atomic E-state index is 0.114. The van der Waals surface area contributed by atoms with E-state index < -0.39 is 0 Å². The summed E-state index contributed by atoms with van der Waals surface area (Å²) in [7, 11) is 0. The second-order valence-electron chi connectivity index (χ2n) is 6.50. The zero-order valence-corrected chi connectivity index (χ0v) is 17.5. The molecule has 148 valence electrons. The topological polar surface area (TPSA) is 73.0 Å². The Morgan fingerprint density at radius 3 is 2.79 bits per heavy atom. The van der Waals surface area contributed by atoms with Gasteiger partial charge in [-0.2, -0.15) is 0 Å². The van der Waals surface area contributed by atoms with Crippen molar-refractivity contribution in [1.82, 2.24) is 14.8 Å². The van der Waals surface area contributed by atoms with Gasteiger partial charge in [0.15, 0.2) is 10.9 Å². The van der Waals surface area contributed by atoms with Gasteiger partial charge >= 0.3 is 0 Å². The normalized spacial score (nSPS) is 11.1. The number of nitrogens with zero attached hydrogens (tertiary/aromatic N) is 3. The van der Waals surface area contributed by atoms with Crippen LogP contribution in [-0.4, -0.2) is 26.4 Å². The fourth-order valence-electron chi connectivity index (χ4n) is 3.04. The number of aryl methyl sites for hydroxylation is 1. The largest absolute Gasteiger partial charge is 0.453 e. The fourth-order valence-corrected chi connectivity index (χ4v) is 4.07. The van der Waals surface area contributed by atoms with Crippen LogP contribution in [0.25, 0.3) is 22.6 Å². The molecule has 0 saturated heterocycles. The highest BCUT2D eigenvalue weighted by atomic mass is 35.5. The maximum Gasteiger partial charge on any atom is 0.234 e. The van der Waals surface area contributed by atoms with Gasteiger partial charge in [0.1, 0.15) is 5.58 Å². The lowest BCUT2D eigenvalue weighted by atomic mass is 10.2. The van der Waals surface area contributed by atoms with Gasteiger partial charge in [-0.3, -0.25) is 9.36 Å². The van der Waals surface area contributed by atoms with Gasteiger partial charge in [-0.25, -0.2) is 0 Å². The van der Waals surface area contributed by atoms with Crippen LogP contribution >= 0.6 is 23.4 Å². The molecule has 1 N–H and O–H groups in total. The number of hydrogen-bond acceptors (Lipinski definition) is 5. The maximum atomic E-state index is 12.4. The highest BCUT2D eigenvalue weighted by Gasteiger charge is 2.18. The lowest BCUT2D eigenvalue weighted by Gasteiger charge is -2.09. The Kier molecular flexibility index (Phi) is 5.60. The number of thioether (sulfide) groups is 1. The summed E-state index contributed by atoms with van der Waals surface area (Å²) in [5.41, 5.74) is 2.47. The smallest absolute Gasteiger partial charge is 0.234 e. The molecule has 2 aromatic heterocycles. The quantitative estimate of drug-likeness (QED) is 0.417. The summed E-state index contributed by atoms with van der Waals surface area (Å²) in [6, 6.07) is 15.1. The zero-order valence-electron chi connectivity index (χ0n) is 16.0. The number of nitrogens with one attached hydrogen (secondary N) is 1. The molecule has 0 bridgehead atoms. The third kappa shape index (κ3) is 4.16. The average Bonchev–Trinajstić information content (AvgIpc) is 3.31. The number of rotatable bonds is 6. The van der Waals surface area contributed by atoms with E-state index in [-0.39, 0.29) is 11.7 Å². The molecule has 1 amide bonds. The van der Waals surface area contributed by atoms with Crippen molar-refractivity contribution < 1.29 is 9.21 Å². The van der Waals surface area contributed by atoms with Gasteiger partial charge in [0, 0.05) is 22.6 Å². The van der Waals surface area contributed by atoms with E-state index in [2.05, 4.69) is 15.5 Å². The van der Waals surface area contributed by atoms with Gasteiger partial charge < -0.3 is 9.73 Å². The summed E-state index contributed by atoms with van der Waals surface area (Å²) >= 11 is 7.30. The molecule has 2 heterocycles. The minimum atomic E-state index is -0.114. The molecule has 0 radical (unpaired) electrons. The van der Waals surface area contributed by atoms with Gasteiger partial charge in [0.05, 0.1) is 5.75 Å². The number of carbonyl (C=O) groups excluding carboxylic acids is 1. The number of aromatic nitrogens is 3. The number of fused-ring (bicyclic) bond motifs is 1. The summed E-state index contributed by atoms with van der Waals surface area (Å²) in [6.45, 7) is 4.58. The monoisotopic (exact) mass is 426 g/mol. The summed E-state index contributed by atoms with van der Waals surface area (Å²) in [6.07, 6.45) is 0. The van der Waals surface area contributed by atoms with E-state index in [9.17, 15) is 4.79 Å². The maximum absolute atomic E-state index is 12.4. The molecule has 0 fully saturated rings. The molecule has 6 nitrogen and oxygen atoms in total. The number of benzene rings is 2. The summed E-state index contributed by atoms with van der Waals surface area (Å²) in [5, 5.41) is 13.8. The van der Waals surface area contributed by atoms with Crippen molar-refractivity contribution in [3.63, 3.8) is 0 Å². The van der Waals surface area contributed by atoms with Crippen LogP contribution in [0.15, 0.2) is 58.1 Å². The number of anilines is 1. The summed E-state index contributed by atoms with van der Waals surface area (Å²) in [5.74, 6) is 1.42. The van der Waals surface area contributed by atoms with Crippen LogP contribution in [0.1, 0.15) is 12.5 Å². The average molecular weight is 427 g/mol. The van der Waals surface area contributed by atoms with Crippen molar-refractivity contribution in [3.05, 3.63) is 59.1 Å². The molecule has 0 aliphatic carbocycles. The Morgan fingerprint density at radius 2 is 2.03 bits per heavy atom. The van der Waals surface area contributed by atoms with Crippen LogP contribution in [0.5, 0.6) is 0 Å². The van der Waals surface area contributed by atoms with Crippen LogP contribution < -0.4 is 5.32 Å². The Hall–Kier alpha value is -2.77. The molecular weight excluding hydrogens is 408 g/mol. The number of amides is 1. The molecule has 2 aromatic carbocycles. The molecule has 0 aliphatic rings. The predicted molar refractivity (Wildman–Crippen MR) is 116 cm³/mol. The van der Waals surface area contributed by atoms with Crippen molar-refractivity contribution in [2.24, 2.45) is 0 Å². The highest BCUT2D eigenvalue weighted by Crippen LogP contribution is 2.29. The number of hydrogen-bond donors (Lipinski definition) is 1. The van der Waals surface area contributed by atoms with Crippen molar-refractivity contribution in [1.29, 1.82) is 0 Å². The second-order valence-corrected chi connectivity index (χ2v) is 7.87. The number of halogens is 1. The summed E-state index contributed by atoms with van der Waals surface area (Å²) < 4.78 is 7.86. The lowest BCUT2D eigenvalue weighted by Crippen LogP contribution is -2.15. The third-order valence-electron chi connectivity index (χ3n) is 4.47. The first-order valence-electron chi connectivity index (χ1n) is 9.16. The molecule has 0 atom stereocenters. The lowest BCUT2D eigenvalue weighted by molar-refractivity contribution is -0.113. The van der Waals surface area contributed by atoms with Crippen molar-refractivity contribution in [2.45, 2.75) is 25.5 Å². The minimum Gasteiger partial charge on any atom is -0.453 e. The van der Waals surface area contributed by atoms with Crippen LogP contribution in [0.3, 0.4) is 0 Å². The molecule has 0 unspecified atom stereocenters. The SMILES string of the molecule is CCn1c(SCC(=O)Nc2ccc(Cl)cc2C)nnc1-c1cc2ccccc2o1. The van der Waals surface area contributed by atoms with Gasteiger partial charge in [-0.1, -0.05) is 41.6 Å². The Bertz CT molecular complexity index is 1150. The molecular formula is C21H19ClN4O2S. The van der Waals surface area contributed by atoms with Gasteiger partial charge in [0.25, 0.3) is 0 Å². The molecule has 4 rings (SSSR count). The Balaban J connectivity index is 1.48. The molecule has 0 saturated carbocycles. The third-order valence-corrected chi connectivity index (χ3v) is 5.68. The zero-order chi connectivity index (χ0) is 20.4. The van der Waals surface area contributed by atoms with Crippen LogP contribution in [0.2, 0.25) is 5.02 Å². The summed E-state index contributed by atoms with van der Waals surface area (Å²) in [4.78, 5) is 12.4. The van der Waals surface area contributed by atoms with Crippen molar-refractivity contribution in [2.75, 3.05) is 11.1 Å². The molecule has 0 aliphatic heterocycles. The number of furan rings is 1. The van der Waals surface area contributed by atoms with Crippen molar-refractivity contribution >= 4 is 45.9 Å². The predicted octanol–water partition coefficient (Wildman–Crippen LogP) is 5.40. The Morgan fingerprint density at radius 1 is 1.21 bits per heavy atom. The molecule has 29 heavy (non-hydrogen) atoms. The number of para-hydroxylation sites is 1. The fraction of sp³-hybridized carbons (Fsp3) is 0.190. The second kappa shape index (κ2) is 8.31. The van der Waals surface area contributed by atoms with Gasteiger partial charge in [-0.15, -0.1) is 10.2 Å². The first-order valence-corrected chi connectivity index (χ1v) is 10.5. The van der Waals surface area contributed by atoms with Crippen LogP contribution in [0.4, 0.5) is 5.69 Å². The van der Waals surface area contributed by atoms with E-state index in [1.165, 1.54) is 11.8 Å². The van der Waals surface area contributed by atoms with E-state index in [0.29, 0.717) is 28.3 Å². The van der Waals surface area contributed by atoms with E-state index in [0.717, 1.165) is 22.2 Å². The van der Waals surface area contributed by atoms with Gasteiger partial charge in [-0.05, 0) is 49.7 Å². The molecule has 0 spiro atoms. The first kappa shape index (κ1) is 19.5. The molecule has 8 heteroatoms. The van der Waals surface area contributed by atoms with Crippen LogP contribution in [0, 0.1) is 6.92 Å². The van der Waals surface area contributed by atoms with E-state index in [4.69, 9.17) is 16.0 Å². The number of carbonyl (C=O) groups is 1. The highest BCUT2D eigenvalue weighted by molar-refractivity contribution is 7.99. The van der Waals surface area contributed by atoms with E-state index >= 15 is 0 Å². The Labute approximate surface area is 177 Å². The standard InChI is InChI=1S/C21H19ClN4O2S/c1-3-26-20(18-11-14-6-4-5-7-17(14)28-18)24-25-21(26)29-12-19(27)23-16-9-8-15(22)10-13(16)2/h4-11H,3,12H2,1-2H3,(H,23,27).